The van der Waals surface area contributed by atoms with Crippen molar-refractivity contribution in [2.75, 3.05) is 0 Å². The second-order valence-corrected chi connectivity index (χ2v) is 3.07. The summed E-state index contributed by atoms with van der Waals surface area (Å²) in [5.74, 6) is 0. The van der Waals surface area contributed by atoms with Gasteiger partial charge < -0.3 is 5.73 Å². The molecular weight excluding hydrogens is 153 g/mol. The Morgan fingerprint density at radius 1 is 1.08 bits per heavy atom. The van der Waals surface area contributed by atoms with E-state index in [0.29, 0.717) is 5.56 Å². The molecule has 0 heterocycles. The highest BCUT2D eigenvalue weighted by Gasteiger charge is 2.03. The van der Waals surface area contributed by atoms with E-state index < -0.39 is 6.17 Å². The molecule has 2 unspecified atom stereocenters. The summed E-state index contributed by atoms with van der Waals surface area (Å²) < 4.78 is 12.7. The number of halogens is 1. The summed E-state index contributed by atoms with van der Waals surface area (Å²) in [6.07, 6.45) is -0.896. The number of benzene rings is 1. The first kappa shape index (κ1) is 9.20. The van der Waals surface area contributed by atoms with Crippen LogP contribution in [0.1, 0.15) is 37.2 Å². The Kier molecular flexibility index (Phi) is 2.82. The topological polar surface area (TPSA) is 26.0 Å². The zero-order chi connectivity index (χ0) is 9.14. The van der Waals surface area contributed by atoms with Crippen LogP contribution in [0.2, 0.25) is 0 Å². The molecule has 0 spiro atoms. The van der Waals surface area contributed by atoms with Crippen molar-refractivity contribution < 1.29 is 4.39 Å². The number of hydrogen-bond acceptors (Lipinski definition) is 1. The molecule has 1 rings (SSSR count). The number of nitrogens with two attached hydrogens (primary N) is 1. The van der Waals surface area contributed by atoms with Gasteiger partial charge in [-0.3, -0.25) is 0 Å². The van der Waals surface area contributed by atoms with E-state index in [1.165, 1.54) is 6.92 Å². The number of alkyl halides is 1. The highest BCUT2D eigenvalue weighted by Crippen LogP contribution is 2.18. The zero-order valence-corrected chi connectivity index (χ0v) is 7.42. The Balaban J connectivity index is 2.86. The molecule has 12 heavy (non-hydrogen) atoms. The van der Waals surface area contributed by atoms with Gasteiger partial charge in [-0.15, -0.1) is 0 Å². The van der Waals surface area contributed by atoms with Crippen molar-refractivity contribution in [2.24, 2.45) is 5.73 Å². The summed E-state index contributed by atoms with van der Waals surface area (Å²) in [5.41, 5.74) is 7.40. The van der Waals surface area contributed by atoms with Crippen molar-refractivity contribution >= 4 is 0 Å². The highest BCUT2D eigenvalue weighted by atomic mass is 19.1. The molecule has 0 amide bonds. The predicted octanol–water partition coefficient (Wildman–Crippen LogP) is 2.74. The van der Waals surface area contributed by atoms with Crippen molar-refractivity contribution in [3.63, 3.8) is 0 Å². The molecule has 0 saturated carbocycles. The summed E-state index contributed by atoms with van der Waals surface area (Å²) >= 11 is 0. The molecule has 0 aromatic heterocycles. The smallest absolute Gasteiger partial charge is 0.122 e. The molecule has 0 radical (unpaired) electrons. The fraction of sp³-hybridized carbons (Fsp3) is 0.400. The monoisotopic (exact) mass is 167 g/mol. The van der Waals surface area contributed by atoms with Gasteiger partial charge in [0.2, 0.25) is 0 Å². The fourth-order valence-electron chi connectivity index (χ4n) is 1.06. The maximum Gasteiger partial charge on any atom is 0.122 e. The largest absolute Gasteiger partial charge is 0.324 e. The number of hydrogen-bond donors (Lipinski definition) is 1. The van der Waals surface area contributed by atoms with E-state index in [1.807, 2.05) is 19.1 Å². The lowest BCUT2D eigenvalue weighted by molar-refractivity contribution is 0.374. The van der Waals surface area contributed by atoms with Crippen LogP contribution in [0, 0.1) is 0 Å². The van der Waals surface area contributed by atoms with Crippen LogP contribution in [0.4, 0.5) is 4.39 Å². The van der Waals surface area contributed by atoms with Crippen molar-refractivity contribution in [2.45, 2.75) is 26.1 Å². The molecular formula is C10H14FN. The molecule has 0 fully saturated rings. The molecule has 0 aliphatic heterocycles. The number of rotatable bonds is 2. The van der Waals surface area contributed by atoms with Gasteiger partial charge in [-0.1, -0.05) is 24.3 Å². The van der Waals surface area contributed by atoms with E-state index in [9.17, 15) is 4.39 Å². The van der Waals surface area contributed by atoms with Crippen molar-refractivity contribution in [1.29, 1.82) is 0 Å². The van der Waals surface area contributed by atoms with Crippen LogP contribution in [-0.4, -0.2) is 0 Å². The van der Waals surface area contributed by atoms with Crippen LogP contribution in [0.15, 0.2) is 24.3 Å². The summed E-state index contributed by atoms with van der Waals surface area (Å²) in [7, 11) is 0. The quantitative estimate of drug-likeness (QED) is 0.720. The molecule has 1 nitrogen and oxygen atoms in total. The summed E-state index contributed by atoms with van der Waals surface area (Å²) in [5, 5.41) is 0. The van der Waals surface area contributed by atoms with E-state index in [2.05, 4.69) is 0 Å². The highest BCUT2D eigenvalue weighted by molar-refractivity contribution is 5.25. The molecule has 1 aromatic rings. The second kappa shape index (κ2) is 3.68. The molecule has 0 aliphatic rings. The lowest BCUT2D eigenvalue weighted by Gasteiger charge is -2.07. The van der Waals surface area contributed by atoms with Crippen LogP contribution in [0.3, 0.4) is 0 Å². The zero-order valence-electron chi connectivity index (χ0n) is 7.42. The Labute approximate surface area is 72.4 Å². The van der Waals surface area contributed by atoms with E-state index in [-0.39, 0.29) is 6.04 Å². The third-order valence-corrected chi connectivity index (χ3v) is 1.92. The van der Waals surface area contributed by atoms with Crippen molar-refractivity contribution in [1.82, 2.24) is 0 Å². The molecule has 1 aromatic carbocycles. The van der Waals surface area contributed by atoms with Crippen LogP contribution >= 0.6 is 0 Å². The summed E-state index contributed by atoms with van der Waals surface area (Å²) in [6, 6.07) is 7.33. The first-order chi connectivity index (χ1) is 5.61. The van der Waals surface area contributed by atoms with Crippen LogP contribution in [0.5, 0.6) is 0 Å². The minimum atomic E-state index is -0.896. The maximum absolute atomic E-state index is 12.7. The molecule has 0 bridgehead atoms. The van der Waals surface area contributed by atoms with Gasteiger partial charge in [-0.05, 0) is 25.0 Å². The van der Waals surface area contributed by atoms with Crippen molar-refractivity contribution in [3.05, 3.63) is 35.4 Å². The fourth-order valence-corrected chi connectivity index (χ4v) is 1.06. The van der Waals surface area contributed by atoms with Crippen LogP contribution in [-0.2, 0) is 0 Å². The molecule has 66 valence electrons. The first-order valence-electron chi connectivity index (χ1n) is 4.10. The molecule has 0 saturated heterocycles. The molecule has 2 N–H and O–H groups in total. The Morgan fingerprint density at radius 2 is 1.50 bits per heavy atom. The van der Waals surface area contributed by atoms with Crippen LogP contribution in [0.25, 0.3) is 0 Å². The molecule has 2 heteroatoms. The minimum Gasteiger partial charge on any atom is -0.324 e. The van der Waals surface area contributed by atoms with E-state index in [0.717, 1.165) is 5.56 Å². The van der Waals surface area contributed by atoms with Crippen molar-refractivity contribution in [3.8, 4) is 0 Å². The van der Waals surface area contributed by atoms with Gasteiger partial charge in [0.05, 0.1) is 0 Å². The summed E-state index contributed by atoms with van der Waals surface area (Å²) in [4.78, 5) is 0. The average molecular weight is 167 g/mol. The van der Waals surface area contributed by atoms with E-state index in [1.54, 1.807) is 12.1 Å². The SMILES string of the molecule is CC(N)c1ccc(C(C)F)cc1. The third kappa shape index (κ3) is 2.05. The Morgan fingerprint density at radius 3 is 1.83 bits per heavy atom. The van der Waals surface area contributed by atoms with Gasteiger partial charge >= 0.3 is 0 Å². The van der Waals surface area contributed by atoms with Gasteiger partial charge in [0.25, 0.3) is 0 Å². The lowest BCUT2D eigenvalue weighted by atomic mass is 10.1. The summed E-state index contributed by atoms with van der Waals surface area (Å²) in [6.45, 7) is 3.44. The first-order valence-corrected chi connectivity index (χ1v) is 4.10. The maximum atomic E-state index is 12.7. The Hall–Kier alpha value is -0.890. The Bertz CT molecular complexity index is 212. The van der Waals surface area contributed by atoms with Gasteiger partial charge in [0.15, 0.2) is 0 Å². The molecule has 0 aliphatic carbocycles. The van der Waals surface area contributed by atoms with E-state index in [4.69, 9.17) is 5.73 Å². The lowest BCUT2D eigenvalue weighted by Crippen LogP contribution is -2.04. The second-order valence-electron chi connectivity index (χ2n) is 3.07. The van der Waals surface area contributed by atoms with Crippen LogP contribution < -0.4 is 5.73 Å². The van der Waals surface area contributed by atoms with Gasteiger partial charge in [-0.25, -0.2) is 4.39 Å². The normalized spacial score (nSPS) is 15.7. The minimum absolute atomic E-state index is 0.0222. The standard InChI is InChI=1S/C10H14FN/c1-7(11)9-3-5-10(6-4-9)8(2)12/h3-8H,12H2,1-2H3. The van der Waals surface area contributed by atoms with E-state index >= 15 is 0 Å². The third-order valence-electron chi connectivity index (χ3n) is 1.92. The van der Waals surface area contributed by atoms with Gasteiger partial charge in [-0.2, -0.15) is 0 Å². The van der Waals surface area contributed by atoms with Gasteiger partial charge in [0.1, 0.15) is 6.17 Å². The van der Waals surface area contributed by atoms with Gasteiger partial charge in [0, 0.05) is 6.04 Å². The molecule has 2 atom stereocenters. The predicted molar refractivity (Wildman–Crippen MR) is 48.6 cm³/mol. The average Bonchev–Trinajstić information content (AvgIpc) is 2.04.